The molecule has 0 saturated heterocycles. The van der Waals surface area contributed by atoms with Gasteiger partial charge in [0.05, 0.1) is 17.6 Å². The average Bonchev–Trinajstić information content (AvgIpc) is 3.04. The van der Waals surface area contributed by atoms with Crippen LogP contribution in [0.5, 0.6) is 0 Å². The molecule has 1 aromatic carbocycles. The highest BCUT2D eigenvalue weighted by Gasteiger charge is 2.15. The quantitative estimate of drug-likeness (QED) is 0.711. The fourth-order valence-corrected chi connectivity index (χ4v) is 4.12. The molecule has 0 aliphatic carbocycles. The topological polar surface area (TPSA) is 75.2 Å². The first-order valence-corrected chi connectivity index (χ1v) is 10.4. The fraction of sp³-hybridized carbons (Fsp3) is 0.176. The largest absolute Gasteiger partial charge is 0.316 e. The SMILES string of the molecule is CCN(c1ccc(-c2csc(Nc3ccccn3)n2)cc1)S(C)(=O)=O. The maximum atomic E-state index is 11.8. The van der Waals surface area contributed by atoms with Gasteiger partial charge in [-0.25, -0.2) is 18.4 Å². The van der Waals surface area contributed by atoms with E-state index in [9.17, 15) is 8.42 Å². The third kappa shape index (κ3) is 4.15. The van der Waals surface area contributed by atoms with Crippen LogP contribution < -0.4 is 9.62 Å². The molecule has 2 heterocycles. The summed E-state index contributed by atoms with van der Waals surface area (Å²) < 4.78 is 25.0. The van der Waals surface area contributed by atoms with Gasteiger partial charge in [0.25, 0.3) is 0 Å². The average molecular weight is 374 g/mol. The zero-order chi connectivity index (χ0) is 17.9. The molecule has 0 aliphatic heterocycles. The van der Waals surface area contributed by atoms with Crippen LogP contribution in [-0.4, -0.2) is 31.2 Å². The van der Waals surface area contributed by atoms with Gasteiger partial charge in [-0.15, -0.1) is 11.3 Å². The molecule has 0 amide bonds. The van der Waals surface area contributed by atoms with E-state index in [1.54, 1.807) is 18.3 Å². The van der Waals surface area contributed by atoms with E-state index in [1.165, 1.54) is 21.9 Å². The predicted octanol–water partition coefficient (Wildman–Crippen LogP) is 3.73. The normalized spacial score (nSPS) is 11.3. The standard InChI is InChI=1S/C17H18N4O2S2/c1-3-21(25(2,22)23)14-9-7-13(8-10-14)15-12-24-17(19-15)20-16-6-4-5-11-18-16/h4-12H,3H2,1-2H3,(H,18,19,20). The molecule has 2 aromatic heterocycles. The van der Waals surface area contributed by atoms with Crippen molar-refractivity contribution in [1.82, 2.24) is 9.97 Å². The van der Waals surface area contributed by atoms with E-state index in [0.717, 1.165) is 22.2 Å². The summed E-state index contributed by atoms with van der Waals surface area (Å²) in [6.07, 6.45) is 2.93. The number of benzene rings is 1. The predicted molar refractivity (Wildman–Crippen MR) is 103 cm³/mol. The fourth-order valence-electron chi connectivity index (χ4n) is 2.42. The first kappa shape index (κ1) is 17.4. The number of nitrogens with zero attached hydrogens (tertiary/aromatic N) is 3. The van der Waals surface area contributed by atoms with Gasteiger partial charge in [-0.2, -0.15) is 0 Å². The van der Waals surface area contributed by atoms with Gasteiger partial charge in [0.1, 0.15) is 5.82 Å². The molecule has 3 rings (SSSR count). The van der Waals surface area contributed by atoms with Crippen molar-refractivity contribution < 1.29 is 8.42 Å². The van der Waals surface area contributed by atoms with Crippen LogP contribution in [0.4, 0.5) is 16.6 Å². The molecule has 0 aliphatic rings. The van der Waals surface area contributed by atoms with Crippen LogP contribution in [-0.2, 0) is 10.0 Å². The third-order valence-corrected chi connectivity index (χ3v) is 5.57. The van der Waals surface area contributed by atoms with Gasteiger partial charge in [-0.1, -0.05) is 18.2 Å². The lowest BCUT2D eigenvalue weighted by molar-refractivity contribution is 0.598. The summed E-state index contributed by atoms with van der Waals surface area (Å²) in [5.41, 5.74) is 2.41. The van der Waals surface area contributed by atoms with E-state index in [-0.39, 0.29) is 0 Å². The second-order valence-corrected chi connectivity index (χ2v) is 8.12. The van der Waals surface area contributed by atoms with Gasteiger partial charge in [0, 0.05) is 23.7 Å². The van der Waals surface area contributed by atoms with Crippen molar-refractivity contribution in [3.8, 4) is 11.3 Å². The van der Waals surface area contributed by atoms with Gasteiger partial charge >= 0.3 is 0 Å². The molecule has 130 valence electrons. The molecular weight excluding hydrogens is 356 g/mol. The van der Waals surface area contributed by atoms with Crippen molar-refractivity contribution in [1.29, 1.82) is 0 Å². The third-order valence-electron chi connectivity index (χ3n) is 3.54. The van der Waals surface area contributed by atoms with Gasteiger partial charge < -0.3 is 5.32 Å². The van der Waals surface area contributed by atoms with Crippen LogP contribution in [0.1, 0.15) is 6.92 Å². The monoisotopic (exact) mass is 374 g/mol. The van der Waals surface area contributed by atoms with Crippen LogP contribution in [0.25, 0.3) is 11.3 Å². The van der Waals surface area contributed by atoms with Crippen LogP contribution >= 0.6 is 11.3 Å². The Labute approximate surface area is 151 Å². The number of anilines is 3. The molecule has 8 heteroatoms. The van der Waals surface area contributed by atoms with Crippen molar-refractivity contribution >= 4 is 38.0 Å². The zero-order valence-corrected chi connectivity index (χ0v) is 15.5. The second kappa shape index (κ2) is 7.20. The molecule has 0 atom stereocenters. The van der Waals surface area contributed by atoms with Crippen molar-refractivity contribution in [2.24, 2.45) is 0 Å². The number of hydrogen-bond donors (Lipinski definition) is 1. The van der Waals surface area contributed by atoms with E-state index in [4.69, 9.17) is 0 Å². The summed E-state index contributed by atoms with van der Waals surface area (Å²) in [4.78, 5) is 8.77. The Morgan fingerprint density at radius 1 is 1.16 bits per heavy atom. The summed E-state index contributed by atoms with van der Waals surface area (Å²) in [5.74, 6) is 0.741. The summed E-state index contributed by atoms with van der Waals surface area (Å²) in [5, 5.41) is 5.87. The number of nitrogens with one attached hydrogen (secondary N) is 1. The number of rotatable bonds is 6. The maximum absolute atomic E-state index is 11.8. The Bertz CT molecular complexity index is 938. The number of aromatic nitrogens is 2. The first-order chi connectivity index (χ1) is 12.0. The lowest BCUT2D eigenvalue weighted by atomic mass is 10.1. The molecule has 0 bridgehead atoms. The highest BCUT2D eigenvalue weighted by Crippen LogP contribution is 2.28. The molecular formula is C17H18N4O2S2. The highest BCUT2D eigenvalue weighted by molar-refractivity contribution is 7.92. The minimum absolute atomic E-state index is 0.396. The molecule has 0 spiro atoms. The minimum atomic E-state index is -3.27. The molecule has 0 fully saturated rings. The number of thiazole rings is 1. The van der Waals surface area contributed by atoms with E-state index in [1.807, 2.05) is 42.6 Å². The summed E-state index contributed by atoms with van der Waals surface area (Å²) in [7, 11) is -3.27. The Morgan fingerprint density at radius 2 is 1.92 bits per heavy atom. The molecule has 1 N–H and O–H groups in total. The van der Waals surface area contributed by atoms with Gasteiger partial charge in [-0.05, 0) is 31.2 Å². The lowest BCUT2D eigenvalue weighted by Gasteiger charge is -2.20. The summed E-state index contributed by atoms with van der Waals surface area (Å²) >= 11 is 1.49. The number of hydrogen-bond acceptors (Lipinski definition) is 6. The lowest BCUT2D eigenvalue weighted by Crippen LogP contribution is -2.29. The van der Waals surface area contributed by atoms with Crippen molar-refractivity contribution in [2.75, 3.05) is 22.4 Å². The second-order valence-electron chi connectivity index (χ2n) is 5.35. The van der Waals surface area contributed by atoms with Crippen molar-refractivity contribution in [3.63, 3.8) is 0 Å². The van der Waals surface area contributed by atoms with Crippen molar-refractivity contribution in [3.05, 3.63) is 54.0 Å². The Kier molecular flexibility index (Phi) is 5.00. The highest BCUT2D eigenvalue weighted by atomic mass is 32.2. The number of sulfonamides is 1. The zero-order valence-electron chi connectivity index (χ0n) is 13.9. The van der Waals surface area contributed by atoms with Gasteiger partial charge in [-0.3, -0.25) is 4.31 Å². The van der Waals surface area contributed by atoms with Crippen molar-refractivity contribution in [2.45, 2.75) is 6.92 Å². The van der Waals surface area contributed by atoms with Crippen LogP contribution in [0.3, 0.4) is 0 Å². The maximum Gasteiger partial charge on any atom is 0.232 e. The summed E-state index contributed by atoms with van der Waals surface area (Å²) in [6.45, 7) is 2.21. The molecule has 0 radical (unpaired) electrons. The first-order valence-electron chi connectivity index (χ1n) is 7.69. The van der Waals surface area contributed by atoms with Gasteiger partial charge in [0.2, 0.25) is 10.0 Å². The summed E-state index contributed by atoms with van der Waals surface area (Å²) in [6, 6.07) is 13.0. The smallest absolute Gasteiger partial charge is 0.232 e. The molecule has 25 heavy (non-hydrogen) atoms. The Hall–Kier alpha value is -2.45. The van der Waals surface area contributed by atoms with E-state index in [0.29, 0.717) is 12.2 Å². The molecule has 0 saturated carbocycles. The van der Waals surface area contributed by atoms with E-state index >= 15 is 0 Å². The minimum Gasteiger partial charge on any atom is -0.316 e. The van der Waals surface area contributed by atoms with Crippen LogP contribution in [0.15, 0.2) is 54.0 Å². The Morgan fingerprint density at radius 3 is 2.52 bits per heavy atom. The van der Waals surface area contributed by atoms with Crippen LogP contribution in [0.2, 0.25) is 0 Å². The molecule has 6 nitrogen and oxygen atoms in total. The van der Waals surface area contributed by atoms with E-state index in [2.05, 4.69) is 15.3 Å². The number of pyridine rings is 1. The molecule has 0 unspecified atom stereocenters. The van der Waals surface area contributed by atoms with Crippen LogP contribution in [0, 0.1) is 0 Å². The Balaban J connectivity index is 1.79. The van der Waals surface area contributed by atoms with E-state index < -0.39 is 10.0 Å². The molecule has 3 aromatic rings. The van der Waals surface area contributed by atoms with Gasteiger partial charge in [0.15, 0.2) is 5.13 Å².